The molecule has 96 valence electrons. The predicted molar refractivity (Wildman–Crippen MR) is 72.1 cm³/mol. The van der Waals surface area contributed by atoms with Crippen molar-refractivity contribution in [3.05, 3.63) is 40.3 Å². The first-order valence-corrected chi connectivity index (χ1v) is 6.74. The number of rotatable bonds is 3. The molecule has 0 bridgehead atoms. The largest absolute Gasteiger partial charge is 0.436 e. The molecule has 1 aromatic heterocycles. The van der Waals surface area contributed by atoms with E-state index >= 15 is 0 Å². The number of hydrogen-bond donors (Lipinski definition) is 0. The van der Waals surface area contributed by atoms with Crippen molar-refractivity contribution in [2.75, 3.05) is 0 Å². The smallest absolute Gasteiger partial charge is 0.222 e. The molecule has 0 saturated heterocycles. The van der Waals surface area contributed by atoms with Crippen LogP contribution in [0.1, 0.15) is 11.3 Å². The van der Waals surface area contributed by atoms with Crippen LogP contribution in [0.2, 0.25) is 5.02 Å². The fraction of sp³-hybridized carbons (Fsp3) is 0.250. The molecule has 0 aliphatic rings. The van der Waals surface area contributed by atoms with E-state index in [2.05, 4.69) is 21.0 Å². The normalized spacial score (nSPS) is 10.7. The molecule has 2 aromatic rings. The standard InChI is InChI=1S/C12H11BrClFN2O/c1-7-8(6-13)12(17(2)16-7)18-10-5-3-4-9(14)11(10)15/h3-5H,6H2,1-2H3. The second-order valence-electron chi connectivity index (χ2n) is 3.78. The lowest BCUT2D eigenvalue weighted by Gasteiger charge is -2.09. The first-order valence-electron chi connectivity index (χ1n) is 5.25. The summed E-state index contributed by atoms with van der Waals surface area (Å²) < 4.78 is 20.9. The van der Waals surface area contributed by atoms with Gasteiger partial charge in [0.2, 0.25) is 5.88 Å². The number of ether oxygens (including phenoxy) is 1. The van der Waals surface area contributed by atoms with Crippen molar-refractivity contribution in [3.63, 3.8) is 0 Å². The van der Waals surface area contributed by atoms with Crippen LogP contribution < -0.4 is 4.74 Å². The lowest BCUT2D eigenvalue weighted by Crippen LogP contribution is -1.98. The Hall–Kier alpha value is -1.07. The van der Waals surface area contributed by atoms with Gasteiger partial charge in [-0.25, -0.2) is 9.07 Å². The van der Waals surface area contributed by atoms with Crippen LogP contribution in [0, 0.1) is 12.7 Å². The Morgan fingerprint density at radius 3 is 2.89 bits per heavy atom. The summed E-state index contributed by atoms with van der Waals surface area (Å²) in [5.41, 5.74) is 1.73. The molecule has 0 spiro atoms. The average Bonchev–Trinajstić information content (AvgIpc) is 2.59. The molecule has 0 fully saturated rings. The maximum atomic E-state index is 13.8. The summed E-state index contributed by atoms with van der Waals surface area (Å²) in [7, 11) is 1.75. The molecule has 1 aromatic carbocycles. The third-order valence-corrected chi connectivity index (χ3v) is 3.40. The lowest BCUT2D eigenvalue weighted by atomic mass is 10.3. The summed E-state index contributed by atoms with van der Waals surface area (Å²) in [4.78, 5) is 0. The monoisotopic (exact) mass is 332 g/mol. The second kappa shape index (κ2) is 5.28. The van der Waals surface area contributed by atoms with E-state index in [-0.39, 0.29) is 10.8 Å². The maximum Gasteiger partial charge on any atom is 0.222 e. The van der Waals surface area contributed by atoms with Gasteiger partial charge in [-0.05, 0) is 19.1 Å². The summed E-state index contributed by atoms with van der Waals surface area (Å²) >= 11 is 9.08. The van der Waals surface area contributed by atoms with Crippen molar-refractivity contribution >= 4 is 27.5 Å². The molecule has 0 radical (unpaired) electrons. The Morgan fingerprint density at radius 1 is 1.50 bits per heavy atom. The van der Waals surface area contributed by atoms with Gasteiger partial charge in [-0.2, -0.15) is 5.10 Å². The summed E-state index contributed by atoms with van der Waals surface area (Å²) in [6, 6.07) is 4.64. The van der Waals surface area contributed by atoms with Crippen LogP contribution in [0.15, 0.2) is 18.2 Å². The van der Waals surface area contributed by atoms with Gasteiger partial charge in [-0.15, -0.1) is 0 Å². The number of benzene rings is 1. The highest BCUT2D eigenvalue weighted by atomic mass is 79.9. The third kappa shape index (κ3) is 2.37. The van der Waals surface area contributed by atoms with Gasteiger partial charge in [0, 0.05) is 17.9 Å². The number of halogens is 3. The molecule has 6 heteroatoms. The molecular weight excluding hydrogens is 322 g/mol. The molecule has 2 rings (SSSR count). The second-order valence-corrected chi connectivity index (χ2v) is 4.75. The molecule has 3 nitrogen and oxygen atoms in total. The van der Waals surface area contributed by atoms with Crippen LogP contribution in [0.3, 0.4) is 0 Å². The minimum absolute atomic E-state index is 0.0341. The Bertz CT molecular complexity index is 586. The fourth-order valence-electron chi connectivity index (χ4n) is 1.63. The van der Waals surface area contributed by atoms with Crippen molar-refractivity contribution < 1.29 is 9.13 Å². The van der Waals surface area contributed by atoms with Gasteiger partial charge in [0.1, 0.15) is 0 Å². The van der Waals surface area contributed by atoms with E-state index in [1.165, 1.54) is 12.1 Å². The van der Waals surface area contributed by atoms with E-state index < -0.39 is 5.82 Å². The number of nitrogens with zero attached hydrogens (tertiary/aromatic N) is 2. The number of aromatic nitrogens is 2. The highest BCUT2D eigenvalue weighted by molar-refractivity contribution is 9.08. The zero-order valence-electron chi connectivity index (χ0n) is 9.88. The van der Waals surface area contributed by atoms with E-state index in [1.807, 2.05) is 6.92 Å². The van der Waals surface area contributed by atoms with Gasteiger partial charge in [0.05, 0.1) is 10.7 Å². The number of aryl methyl sites for hydroxylation is 2. The van der Waals surface area contributed by atoms with Gasteiger partial charge >= 0.3 is 0 Å². The summed E-state index contributed by atoms with van der Waals surface area (Å²) in [5.74, 6) is 0.0248. The van der Waals surface area contributed by atoms with Crippen LogP contribution >= 0.6 is 27.5 Å². The molecule has 1 heterocycles. The Balaban J connectivity index is 2.43. The topological polar surface area (TPSA) is 27.1 Å². The van der Waals surface area contributed by atoms with Gasteiger partial charge in [0.25, 0.3) is 0 Å². The van der Waals surface area contributed by atoms with Crippen molar-refractivity contribution in [1.82, 2.24) is 9.78 Å². The first-order chi connectivity index (χ1) is 8.54. The fourth-order valence-corrected chi connectivity index (χ4v) is 2.44. The molecule has 0 aliphatic heterocycles. The van der Waals surface area contributed by atoms with Crippen molar-refractivity contribution in [2.45, 2.75) is 12.3 Å². The molecule has 0 N–H and O–H groups in total. The minimum atomic E-state index is -0.571. The molecular formula is C12H11BrClFN2O. The van der Waals surface area contributed by atoms with Crippen molar-refractivity contribution in [1.29, 1.82) is 0 Å². The SMILES string of the molecule is Cc1nn(C)c(Oc2cccc(Cl)c2F)c1CBr. The molecule has 0 aliphatic carbocycles. The van der Waals surface area contributed by atoms with E-state index in [4.69, 9.17) is 16.3 Å². The molecule has 0 unspecified atom stereocenters. The van der Waals surface area contributed by atoms with Crippen molar-refractivity contribution in [2.24, 2.45) is 7.05 Å². The van der Waals surface area contributed by atoms with Crippen LogP contribution in [0.5, 0.6) is 11.6 Å². The highest BCUT2D eigenvalue weighted by Crippen LogP contribution is 2.32. The Morgan fingerprint density at radius 2 is 2.22 bits per heavy atom. The Labute approximate surface area is 118 Å². The zero-order chi connectivity index (χ0) is 13.3. The summed E-state index contributed by atoms with van der Waals surface area (Å²) in [6.07, 6.45) is 0. The van der Waals surface area contributed by atoms with Crippen LogP contribution in [-0.2, 0) is 12.4 Å². The van der Waals surface area contributed by atoms with Crippen molar-refractivity contribution in [3.8, 4) is 11.6 Å². The van der Waals surface area contributed by atoms with Gasteiger partial charge in [-0.3, -0.25) is 0 Å². The Kier molecular flexibility index (Phi) is 3.92. The van der Waals surface area contributed by atoms with E-state index in [1.54, 1.807) is 17.8 Å². The van der Waals surface area contributed by atoms with E-state index in [9.17, 15) is 4.39 Å². The molecule has 0 amide bonds. The predicted octanol–water partition coefficient (Wildman–Crippen LogP) is 4.21. The van der Waals surface area contributed by atoms with Gasteiger partial charge in [0.15, 0.2) is 11.6 Å². The number of hydrogen-bond acceptors (Lipinski definition) is 2. The maximum absolute atomic E-state index is 13.8. The lowest BCUT2D eigenvalue weighted by molar-refractivity contribution is 0.401. The minimum Gasteiger partial charge on any atom is -0.436 e. The summed E-state index contributed by atoms with van der Waals surface area (Å²) in [6.45, 7) is 1.87. The average molecular weight is 334 g/mol. The third-order valence-electron chi connectivity index (χ3n) is 2.55. The molecule has 18 heavy (non-hydrogen) atoms. The molecule has 0 atom stereocenters. The zero-order valence-corrected chi connectivity index (χ0v) is 12.2. The highest BCUT2D eigenvalue weighted by Gasteiger charge is 2.16. The van der Waals surface area contributed by atoms with Crippen LogP contribution in [0.25, 0.3) is 0 Å². The quantitative estimate of drug-likeness (QED) is 0.787. The van der Waals surface area contributed by atoms with Crippen LogP contribution in [-0.4, -0.2) is 9.78 Å². The first kappa shape index (κ1) is 13.4. The molecule has 0 saturated carbocycles. The number of alkyl halides is 1. The van der Waals surface area contributed by atoms with Crippen LogP contribution in [0.4, 0.5) is 4.39 Å². The van der Waals surface area contributed by atoms with Gasteiger partial charge < -0.3 is 4.74 Å². The summed E-state index contributed by atoms with van der Waals surface area (Å²) in [5, 5.41) is 4.86. The van der Waals surface area contributed by atoms with E-state index in [0.29, 0.717) is 11.2 Å². The van der Waals surface area contributed by atoms with E-state index in [0.717, 1.165) is 11.3 Å². The van der Waals surface area contributed by atoms with Gasteiger partial charge in [-0.1, -0.05) is 33.6 Å².